The molecule has 2 aliphatic rings. The molecular formula is C8H14N2O3. The Morgan fingerprint density at radius 1 is 1.38 bits per heavy atom. The minimum absolute atomic E-state index is 0.347. The SMILES string of the molecule is O=[N+]([O-])OC1NCC2CCCCC21. The number of rotatable bonds is 2. The highest BCUT2D eigenvalue weighted by atomic mass is 17.0. The van der Waals surface area contributed by atoms with Gasteiger partial charge in [-0.1, -0.05) is 12.8 Å². The largest absolute Gasteiger partial charge is 0.296 e. The molecule has 13 heavy (non-hydrogen) atoms. The molecule has 2 rings (SSSR count). The van der Waals surface area contributed by atoms with E-state index in [1.807, 2.05) is 0 Å². The second kappa shape index (κ2) is 3.49. The van der Waals surface area contributed by atoms with E-state index in [4.69, 9.17) is 0 Å². The van der Waals surface area contributed by atoms with Crippen LogP contribution in [0.15, 0.2) is 0 Å². The molecule has 1 aliphatic heterocycles. The molecule has 2 fully saturated rings. The van der Waals surface area contributed by atoms with E-state index >= 15 is 0 Å². The van der Waals surface area contributed by atoms with Gasteiger partial charge in [-0.05, 0) is 18.8 Å². The maximum atomic E-state index is 10.2. The van der Waals surface area contributed by atoms with Crippen molar-refractivity contribution < 1.29 is 9.92 Å². The van der Waals surface area contributed by atoms with Crippen molar-refractivity contribution in [2.75, 3.05) is 6.54 Å². The van der Waals surface area contributed by atoms with Gasteiger partial charge in [-0.3, -0.25) is 10.2 Å². The van der Waals surface area contributed by atoms with Gasteiger partial charge in [0.25, 0.3) is 5.09 Å². The third-order valence-electron chi connectivity index (χ3n) is 3.14. The topological polar surface area (TPSA) is 64.4 Å². The summed E-state index contributed by atoms with van der Waals surface area (Å²) in [7, 11) is 0. The second-order valence-electron chi connectivity index (χ2n) is 3.87. The summed E-state index contributed by atoms with van der Waals surface area (Å²) in [5, 5.41) is 12.6. The van der Waals surface area contributed by atoms with E-state index in [2.05, 4.69) is 10.2 Å². The van der Waals surface area contributed by atoms with E-state index in [1.165, 1.54) is 19.3 Å². The van der Waals surface area contributed by atoms with Gasteiger partial charge in [0, 0.05) is 12.5 Å². The smallest absolute Gasteiger partial charge is 0.295 e. The molecule has 0 aromatic heterocycles. The Kier molecular flexibility index (Phi) is 2.35. The average Bonchev–Trinajstić information content (AvgIpc) is 2.48. The van der Waals surface area contributed by atoms with Crippen LogP contribution in [0, 0.1) is 22.0 Å². The number of nitrogens with zero attached hydrogens (tertiary/aromatic N) is 1. The lowest BCUT2D eigenvalue weighted by atomic mass is 9.81. The van der Waals surface area contributed by atoms with Gasteiger partial charge in [-0.25, -0.2) is 0 Å². The van der Waals surface area contributed by atoms with Crippen molar-refractivity contribution in [1.29, 1.82) is 0 Å². The average molecular weight is 186 g/mol. The minimum Gasteiger partial charge on any atom is -0.295 e. The van der Waals surface area contributed by atoms with Crippen LogP contribution in [-0.2, 0) is 4.84 Å². The molecule has 0 aromatic carbocycles. The Hall–Kier alpha value is -0.840. The highest BCUT2D eigenvalue weighted by molar-refractivity contribution is 4.87. The molecule has 1 saturated carbocycles. The van der Waals surface area contributed by atoms with Gasteiger partial charge in [0.05, 0.1) is 0 Å². The van der Waals surface area contributed by atoms with Crippen LogP contribution in [-0.4, -0.2) is 17.9 Å². The summed E-state index contributed by atoms with van der Waals surface area (Å²) < 4.78 is 0. The third-order valence-corrected chi connectivity index (χ3v) is 3.14. The summed E-state index contributed by atoms with van der Waals surface area (Å²) in [5.41, 5.74) is 0. The van der Waals surface area contributed by atoms with Crippen LogP contribution in [0.2, 0.25) is 0 Å². The Labute approximate surface area is 76.6 Å². The van der Waals surface area contributed by atoms with Crippen LogP contribution in [0.4, 0.5) is 0 Å². The quantitative estimate of drug-likeness (QED) is 0.514. The number of fused-ring (bicyclic) bond motifs is 1. The Morgan fingerprint density at radius 3 is 2.92 bits per heavy atom. The predicted octanol–water partition coefficient (Wildman–Crippen LogP) is 0.930. The lowest BCUT2D eigenvalue weighted by Gasteiger charge is -2.26. The summed E-state index contributed by atoms with van der Waals surface area (Å²) >= 11 is 0. The highest BCUT2D eigenvalue weighted by Crippen LogP contribution is 2.36. The second-order valence-corrected chi connectivity index (χ2v) is 3.87. The fourth-order valence-corrected chi connectivity index (χ4v) is 2.52. The summed E-state index contributed by atoms with van der Waals surface area (Å²) in [6, 6.07) is 0. The maximum Gasteiger partial charge on any atom is 0.296 e. The Balaban J connectivity index is 1.94. The van der Waals surface area contributed by atoms with E-state index in [0.29, 0.717) is 11.8 Å². The molecule has 3 atom stereocenters. The van der Waals surface area contributed by atoms with E-state index in [9.17, 15) is 10.1 Å². The standard InChI is InChI=1S/C8H14N2O3/c11-10(12)13-8-7-4-2-1-3-6(7)5-9-8/h6-9H,1-5H2. The zero-order valence-corrected chi connectivity index (χ0v) is 7.44. The first kappa shape index (κ1) is 8.74. The van der Waals surface area contributed by atoms with E-state index in [-0.39, 0.29) is 6.23 Å². The molecule has 5 nitrogen and oxygen atoms in total. The molecular weight excluding hydrogens is 172 g/mol. The number of hydrogen-bond donors (Lipinski definition) is 1. The van der Waals surface area contributed by atoms with Gasteiger partial charge in [-0.15, -0.1) is 10.1 Å². The monoisotopic (exact) mass is 186 g/mol. The molecule has 5 heteroatoms. The molecule has 0 bridgehead atoms. The van der Waals surface area contributed by atoms with Gasteiger partial charge >= 0.3 is 0 Å². The molecule has 0 amide bonds. The van der Waals surface area contributed by atoms with Crippen LogP contribution in [0.5, 0.6) is 0 Å². The van der Waals surface area contributed by atoms with Crippen molar-refractivity contribution in [2.24, 2.45) is 11.8 Å². The normalized spacial score (nSPS) is 38.3. The van der Waals surface area contributed by atoms with Crippen LogP contribution in [0.3, 0.4) is 0 Å². The van der Waals surface area contributed by atoms with Crippen LogP contribution < -0.4 is 5.32 Å². The first-order valence-corrected chi connectivity index (χ1v) is 4.82. The summed E-state index contributed by atoms with van der Waals surface area (Å²) in [5.74, 6) is 0.956. The van der Waals surface area contributed by atoms with Gasteiger partial charge in [0.1, 0.15) is 0 Å². The highest BCUT2D eigenvalue weighted by Gasteiger charge is 2.39. The maximum absolute atomic E-state index is 10.2. The fraction of sp³-hybridized carbons (Fsp3) is 1.00. The molecule has 0 spiro atoms. The molecule has 1 heterocycles. The molecule has 1 aliphatic carbocycles. The van der Waals surface area contributed by atoms with Crippen LogP contribution >= 0.6 is 0 Å². The van der Waals surface area contributed by atoms with Crippen molar-refractivity contribution in [1.82, 2.24) is 5.32 Å². The van der Waals surface area contributed by atoms with E-state index < -0.39 is 5.09 Å². The van der Waals surface area contributed by atoms with E-state index in [1.54, 1.807) is 0 Å². The lowest BCUT2D eigenvalue weighted by Crippen LogP contribution is -2.33. The van der Waals surface area contributed by atoms with Gasteiger partial charge in [-0.2, -0.15) is 0 Å². The molecule has 0 aromatic rings. The summed E-state index contributed by atoms with van der Waals surface area (Å²) in [4.78, 5) is 14.8. The van der Waals surface area contributed by atoms with Crippen molar-refractivity contribution >= 4 is 0 Å². The molecule has 1 saturated heterocycles. The molecule has 1 N–H and O–H groups in total. The predicted molar refractivity (Wildman–Crippen MR) is 45.3 cm³/mol. The number of nitrogens with one attached hydrogen (secondary N) is 1. The van der Waals surface area contributed by atoms with Gasteiger partial charge in [0.15, 0.2) is 6.23 Å². The van der Waals surface area contributed by atoms with Crippen molar-refractivity contribution in [2.45, 2.75) is 31.9 Å². The Bertz CT molecular complexity index is 210. The fourth-order valence-electron chi connectivity index (χ4n) is 2.52. The minimum atomic E-state index is -0.686. The molecule has 0 radical (unpaired) electrons. The van der Waals surface area contributed by atoms with E-state index in [0.717, 1.165) is 13.0 Å². The summed E-state index contributed by atoms with van der Waals surface area (Å²) in [6.45, 7) is 0.878. The third kappa shape index (κ3) is 1.75. The zero-order chi connectivity index (χ0) is 9.26. The molecule has 3 unspecified atom stereocenters. The number of hydrogen-bond acceptors (Lipinski definition) is 4. The first-order valence-electron chi connectivity index (χ1n) is 4.82. The van der Waals surface area contributed by atoms with Crippen molar-refractivity contribution in [3.63, 3.8) is 0 Å². The van der Waals surface area contributed by atoms with Crippen molar-refractivity contribution in [3.05, 3.63) is 10.1 Å². The lowest BCUT2D eigenvalue weighted by molar-refractivity contribution is -0.771. The first-order chi connectivity index (χ1) is 6.27. The Morgan fingerprint density at radius 2 is 2.15 bits per heavy atom. The summed E-state index contributed by atoms with van der Waals surface area (Å²) in [6.07, 6.45) is 4.35. The van der Waals surface area contributed by atoms with Gasteiger partial charge < -0.3 is 0 Å². The van der Waals surface area contributed by atoms with Gasteiger partial charge in [0.2, 0.25) is 0 Å². The van der Waals surface area contributed by atoms with Crippen LogP contribution in [0.25, 0.3) is 0 Å². The van der Waals surface area contributed by atoms with Crippen LogP contribution in [0.1, 0.15) is 25.7 Å². The van der Waals surface area contributed by atoms with Crippen molar-refractivity contribution in [3.8, 4) is 0 Å². The molecule has 74 valence electrons. The zero-order valence-electron chi connectivity index (χ0n) is 7.44.